The highest BCUT2D eigenvalue weighted by atomic mass is 16.4. The summed E-state index contributed by atoms with van der Waals surface area (Å²) in [5.41, 5.74) is -2.46. The summed E-state index contributed by atoms with van der Waals surface area (Å²) in [7, 11) is 0. The lowest BCUT2D eigenvalue weighted by molar-refractivity contribution is 0.500. The van der Waals surface area contributed by atoms with Gasteiger partial charge >= 0.3 is 11.3 Å². The summed E-state index contributed by atoms with van der Waals surface area (Å²) >= 11 is 0. The van der Waals surface area contributed by atoms with Crippen molar-refractivity contribution < 1.29 is 4.42 Å². The van der Waals surface area contributed by atoms with Crippen LogP contribution in [0.5, 0.6) is 0 Å². The Bertz CT molecular complexity index is 1250. The zero-order valence-corrected chi connectivity index (χ0v) is 10.5. The van der Waals surface area contributed by atoms with E-state index in [0.717, 1.165) is 0 Å². The van der Waals surface area contributed by atoms with Crippen LogP contribution in [-0.2, 0) is 0 Å². The van der Waals surface area contributed by atoms with Crippen LogP contribution in [0.4, 0.5) is 0 Å². The number of hydrogen-bond donors (Lipinski definition) is 0. The first kappa shape index (κ1) is 11.7. The van der Waals surface area contributed by atoms with E-state index in [0.29, 0.717) is 5.39 Å². The summed E-state index contributed by atoms with van der Waals surface area (Å²) in [5.74, 6) is 0. The summed E-state index contributed by atoms with van der Waals surface area (Å²) in [6.07, 6.45) is 0. The third-order valence-electron chi connectivity index (χ3n) is 3.70. The van der Waals surface area contributed by atoms with Gasteiger partial charge in [-0.2, -0.15) is 0 Å². The second-order valence-electron chi connectivity index (χ2n) is 4.79. The molecule has 0 amide bonds. The third kappa shape index (κ3) is 1.34. The molecular weight excluding hydrogens is 272 g/mol. The van der Waals surface area contributed by atoms with Crippen LogP contribution < -0.4 is 22.1 Å². The highest BCUT2D eigenvalue weighted by Gasteiger charge is 2.18. The van der Waals surface area contributed by atoms with Gasteiger partial charge in [-0.3, -0.25) is 9.59 Å². The van der Waals surface area contributed by atoms with Gasteiger partial charge in [0.1, 0.15) is 0 Å². The monoisotopic (exact) mass is 278 g/mol. The average Bonchev–Trinajstić information content (AvgIpc) is 2.79. The summed E-state index contributed by atoms with van der Waals surface area (Å²) in [6, 6.07) is 9.14. The Kier molecular flexibility index (Phi) is 2.08. The van der Waals surface area contributed by atoms with Gasteiger partial charge in [0.25, 0.3) is 0 Å². The zero-order chi connectivity index (χ0) is 14.7. The van der Waals surface area contributed by atoms with E-state index in [1.54, 1.807) is 18.2 Å². The van der Waals surface area contributed by atoms with Gasteiger partial charge in [0.05, 0.1) is 10.8 Å². The first-order valence-corrected chi connectivity index (χ1v) is 6.21. The van der Waals surface area contributed by atoms with Crippen molar-refractivity contribution in [3.8, 4) is 0 Å². The van der Waals surface area contributed by atoms with Gasteiger partial charge in [0.15, 0.2) is 10.9 Å². The molecule has 5 nitrogen and oxygen atoms in total. The first-order chi connectivity index (χ1) is 10.1. The van der Waals surface area contributed by atoms with Crippen LogP contribution in [0, 0.1) is 0 Å². The molecule has 0 aliphatic rings. The summed E-state index contributed by atoms with van der Waals surface area (Å²) in [4.78, 5) is 48.4. The van der Waals surface area contributed by atoms with E-state index in [1.807, 2.05) is 0 Å². The molecule has 0 unspecified atom stereocenters. The number of benzene rings is 3. The molecule has 0 spiro atoms. The van der Waals surface area contributed by atoms with E-state index >= 15 is 0 Å². The van der Waals surface area contributed by atoms with Crippen molar-refractivity contribution in [2.75, 3.05) is 0 Å². The molecule has 0 fully saturated rings. The van der Waals surface area contributed by atoms with Crippen LogP contribution in [0.15, 0.2) is 60.0 Å². The number of rotatable bonds is 0. The van der Waals surface area contributed by atoms with Crippen LogP contribution in [0.3, 0.4) is 0 Å². The SMILES string of the molecule is O=c1oc(=O)c2c1ccc1c(=O)c3ccccc3c(=O)c12. The van der Waals surface area contributed by atoms with E-state index in [9.17, 15) is 19.2 Å². The molecule has 0 saturated heterocycles. The molecular formula is C16H6O5. The Balaban J connectivity index is 2.54. The predicted octanol–water partition coefficient (Wildman–Crippen LogP) is 1.06. The Morgan fingerprint density at radius 3 is 1.90 bits per heavy atom. The fourth-order valence-electron chi connectivity index (χ4n) is 2.76. The molecule has 0 atom stereocenters. The molecule has 5 heteroatoms. The molecule has 100 valence electrons. The molecule has 0 aliphatic carbocycles. The minimum absolute atomic E-state index is 0.0271. The molecule has 1 aromatic heterocycles. The van der Waals surface area contributed by atoms with E-state index < -0.39 is 16.7 Å². The molecule has 21 heavy (non-hydrogen) atoms. The van der Waals surface area contributed by atoms with Gasteiger partial charge in [-0.1, -0.05) is 24.3 Å². The summed E-state index contributed by atoms with van der Waals surface area (Å²) < 4.78 is 4.53. The third-order valence-corrected chi connectivity index (χ3v) is 3.70. The summed E-state index contributed by atoms with van der Waals surface area (Å²) in [6.45, 7) is 0. The van der Waals surface area contributed by atoms with Gasteiger partial charge < -0.3 is 4.42 Å². The van der Waals surface area contributed by atoms with Crippen molar-refractivity contribution in [2.45, 2.75) is 0 Å². The Morgan fingerprint density at radius 1 is 0.571 bits per heavy atom. The molecule has 0 radical (unpaired) electrons. The van der Waals surface area contributed by atoms with Crippen LogP contribution in [-0.4, -0.2) is 0 Å². The number of fused-ring (bicyclic) bond motifs is 4. The topological polar surface area (TPSA) is 81.4 Å². The maximum absolute atomic E-state index is 12.6. The van der Waals surface area contributed by atoms with Gasteiger partial charge in [0.2, 0.25) is 0 Å². The number of hydrogen-bond acceptors (Lipinski definition) is 5. The van der Waals surface area contributed by atoms with Gasteiger partial charge in [-0.05, 0) is 12.1 Å². The first-order valence-electron chi connectivity index (χ1n) is 6.21. The zero-order valence-electron chi connectivity index (χ0n) is 10.5. The molecule has 4 aromatic rings. The van der Waals surface area contributed by atoms with Crippen LogP contribution in [0.1, 0.15) is 0 Å². The Morgan fingerprint density at radius 2 is 1.19 bits per heavy atom. The fourth-order valence-corrected chi connectivity index (χ4v) is 2.76. The Hall–Kier alpha value is -3.08. The molecule has 0 N–H and O–H groups in total. The minimum atomic E-state index is -0.882. The van der Waals surface area contributed by atoms with Gasteiger partial charge in [0, 0.05) is 21.5 Å². The van der Waals surface area contributed by atoms with Crippen LogP contribution >= 0.6 is 0 Å². The Labute approximate surface area is 115 Å². The lowest BCUT2D eigenvalue weighted by Crippen LogP contribution is -2.14. The van der Waals surface area contributed by atoms with Crippen molar-refractivity contribution in [3.05, 3.63) is 77.7 Å². The predicted molar refractivity (Wildman–Crippen MR) is 78.7 cm³/mol. The molecule has 4 rings (SSSR count). The second kappa shape index (κ2) is 3.73. The minimum Gasteiger partial charge on any atom is -0.386 e. The highest BCUT2D eigenvalue weighted by Crippen LogP contribution is 2.19. The van der Waals surface area contributed by atoms with Gasteiger partial charge in [-0.15, -0.1) is 0 Å². The average molecular weight is 278 g/mol. The maximum Gasteiger partial charge on any atom is 0.347 e. The van der Waals surface area contributed by atoms with E-state index in [-0.39, 0.29) is 32.4 Å². The van der Waals surface area contributed by atoms with Crippen molar-refractivity contribution in [3.63, 3.8) is 0 Å². The molecule has 0 aliphatic heterocycles. The molecule has 0 saturated carbocycles. The van der Waals surface area contributed by atoms with E-state index in [1.165, 1.54) is 18.2 Å². The molecule has 1 heterocycles. The number of furan rings is 1. The molecule has 0 bridgehead atoms. The highest BCUT2D eigenvalue weighted by molar-refractivity contribution is 6.11. The standard InChI is InChI=1S/C16H6O5/c17-13-7-3-1-2-4-8(7)14(18)11-9(13)5-6-10-12(11)16(20)21-15(10)19/h1-6H. The van der Waals surface area contributed by atoms with Crippen molar-refractivity contribution in [1.29, 1.82) is 0 Å². The quantitative estimate of drug-likeness (QED) is 0.449. The van der Waals surface area contributed by atoms with Crippen molar-refractivity contribution >= 4 is 32.3 Å². The largest absolute Gasteiger partial charge is 0.386 e. The smallest absolute Gasteiger partial charge is 0.347 e. The molecule has 3 aromatic carbocycles. The van der Waals surface area contributed by atoms with Crippen LogP contribution in [0.25, 0.3) is 32.3 Å². The van der Waals surface area contributed by atoms with Gasteiger partial charge in [-0.25, -0.2) is 9.59 Å². The summed E-state index contributed by atoms with van der Waals surface area (Å²) in [5, 5.41) is 0.545. The van der Waals surface area contributed by atoms with E-state index in [2.05, 4.69) is 4.42 Å². The second-order valence-corrected chi connectivity index (χ2v) is 4.79. The fraction of sp³-hybridized carbons (Fsp3) is 0. The van der Waals surface area contributed by atoms with E-state index in [4.69, 9.17) is 0 Å². The normalized spacial score (nSPS) is 11.6. The van der Waals surface area contributed by atoms with Crippen molar-refractivity contribution in [1.82, 2.24) is 0 Å². The lowest BCUT2D eigenvalue weighted by atomic mass is 9.99. The van der Waals surface area contributed by atoms with Crippen LogP contribution in [0.2, 0.25) is 0 Å². The van der Waals surface area contributed by atoms with Crippen molar-refractivity contribution in [2.24, 2.45) is 0 Å². The lowest BCUT2D eigenvalue weighted by Gasteiger charge is -2.00. The maximum atomic E-state index is 12.6.